The van der Waals surface area contributed by atoms with E-state index >= 15 is 17.6 Å². The van der Waals surface area contributed by atoms with Crippen LogP contribution in [0.3, 0.4) is 0 Å². The van der Waals surface area contributed by atoms with E-state index in [1.165, 1.54) is 70.6 Å². The maximum Gasteiger partial charge on any atom is 0.176 e. The standard InChI is InChI=1S/C65H68F4N4O3S/c1-5-6-7-8-9-10-11-12-13-14-15-16-17-18-19-20-41-77-65-63(68)61(66)60(62(67)64(65)69)59-54-39-37-52(72-54)57(43-23-29-46(75-3)30-24-43)50-35-33-48(70-50)56(42-21-27-45(74-2)28-22-42)49-34-36-51(71-49)58(53-38-40-55(59)73-53)44-25-31-47(76-4)32-26-44/h21-40,70,73H,5-20,41H2,1-4H3. The Morgan fingerprint density at radius 3 is 0.987 bits per heavy atom. The van der Waals surface area contributed by atoms with E-state index in [0.29, 0.717) is 68.7 Å². The van der Waals surface area contributed by atoms with Crippen LogP contribution in [0, 0.1) is 23.3 Å². The van der Waals surface area contributed by atoms with Gasteiger partial charge in [-0.15, -0.1) is 11.8 Å². The number of hydrogen-bond donors (Lipinski definition) is 2. The zero-order chi connectivity index (χ0) is 53.7. The molecule has 7 aromatic rings. The molecule has 3 aromatic heterocycles. The third kappa shape index (κ3) is 12.7. The summed E-state index contributed by atoms with van der Waals surface area (Å²) in [5, 5.41) is 0. The predicted octanol–water partition coefficient (Wildman–Crippen LogP) is 19.3. The van der Waals surface area contributed by atoms with Gasteiger partial charge in [-0.1, -0.05) is 140 Å². The van der Waals surface area contributed by atoms with E-state index in [2.05, 4.69) is 16.9 Å². The lowest BCUT2D eigenvalue weighted by molar-refractivity contribution is 0.415. The van der Waals surface area contributed by atoms with E-state index in [9.17, 15) is 0 Å². The van der Waals surface area contributed by atoms with Crippen LogP contribution < -0.4 is 14.2 Å². The number of H-pyrrole nitrogens is 2. The van der Waals surface area contributed by atoms with Crippen molar-refractivity contribution in [2.45, 2.75) is 115 Å². The molecule has 0 saturated carbocycles. The van der Waals surface area contributed by atoms with Crippen LogP contribution >= 0.6 is 11.8 Å². The summed E-state index contributed by atoms with van der Waals surface area (Å²) in [5.41, 5.74) is 7.42. The first-order valence-corrected chi connectivity index (χ1v) is 28.3. The molecule has 2 aliphatic rings. The first-order valence-electron chi connectivity index (χ1n) is 27.3. The van der Waals surface area contributed by atoms with Crippen molar-refractivity contribution < 1.29 is 31.8 Å². The minimum atomic E-state index is -1.50. The summed E-state index contributed by atoms with van der Waals surface area (Å²) in [5.74, 6) is -3.57. The van der Waals surface area contributed by atoms with Crippen LogP contribution in [-0.2, 0) is 0 Å². The normalized spacial score (nSPS) is 11.9. The van der Waals surface area contributed by atoms with Crippen molar-refractivity contribution >= 4 is 58.1 Å². The lowest BCUT2D eigenvalue weighted by atomic mass is 10.0. The number of benzene rings is 4. The number of hydrogen-bond acceptors (Lipinski definition) is 6. The quantitative estimate of drug-likeness (QED) is 0.0257. The number of halogens is 4. The molecule has 4 aromatic carbocycles. The van der Waals surface area contributed by atoms with Crippen molar-refractivity contribution in [2.24, 2.45) is 0 Å². The van der Waals surface area contributed by atoms with Crippen molar-refractivity contribution in [3.63, 3.8) is 0 Å². The van der Waals surface area contributed by atoms with Gasteiger partial charge >= 0.3 is 0 Å². The highest BCUT2D eigenvalue weighted by molar-refractivity contribution is 7.99. The van der Waals surface area contributed by atoms with Gasteiger partial charge < -0.3 is 24.2 Å². The van der Waals surface area contributed by atoms with E-state index in [-0.39, 0.29) is 16.8 Å². The Balaban J connectivity index is 1.10. The number of rotatable bonds is 25. The summed E-state index contributed by atoms with van der Waals surface area (Å²) in [6.07, 6.45) is 26.5. The van der Waals surface area contributed by atoms with E-state index < -0.39 is 33.7 Å². The molecule has 0 atom stereocenters. The minimum absolute atomic E-state index is 0.0914. The van der Waals surface area contributed by atoms with Crippen LogP contribution in [0.4, 0.5) is 17.6 Å². The molecular formula is C65H68F4N4O3S. The zero-order valence-corrected chi connectivity index (χ0v) is 45.4. The number of unbranched alkanes of at least 4 members (excludes halogenated alkanes) is 15. The molecule has 8 bridgehead atoms. The third-order valence-electron chi connectivity index (χ3n) is 14.6. The lowest BCUT2D eigenvalue weighted by Crippen LogP contribution is -2.04. The summed E-state index contributed by atoms with van der Waals surface area (Å²) in [4.78, 5) is 16.8. The van der Waals surface area contributed by atoms with E-state index in [0.717, 1.165) is 65.2 Å². The SMILES string of the molecule is CCCCCCCCCCCCCCCCCCSc1c(F)c(F)c(-c2c3nc(c(-c4ccc(OC)cc4)c4ccc([nH]4)c(-c4ccc(OC)cc4)c4nc(c(-c5ccc(OC)cc5)c5ccc2[nH]5)C=C4)C=C3)c(F)c1F. The fourth-order valence-corrected chi connectivity index (χ4v) is 11.4. The summed E-state index contributed by atoms with van der Waals surface area (Å²) in [6.45, 7) is 2.25. The monoisotopic (exact) mass is 1060 g/mol. The molecule has 0 radical (unpaired) electrons. The Hall–Kier alpha value is -7.05. The second kappa shape index (κ2) is 26.3. The molecule has 0 amide bonds. The summed E-state index contributed by atoms with van der Waals surface area (Å²) in [6, 6.07) is 30.1. The number of fused-ring (bicyclic) bond motifs is 8. The van der Waals surface area contributed by atoms with Gasteiger partial charge in [0.25, 0.3) is 0 Å². The molecule has 77 heavy (non-hydrogen) atoms. The maximum absolute atomic E-state index is 17.0. The van der Waals surface area contributed by atoms with Gasteiger partial charge in [0.05, 0.1) is 54.6 Å². The summed E-state index contributed by atoms with van der Waals surface area (Å²) in [7, 11) is 4.81. The van der Waals surface area contributed by atoms with Crippen molar-refractivity contribution in [2.75, 3.05) is 27.1 Å². The molecule has 9 rings (SSSR count). The van der Waals surface area contributed by atoms with Gasteiger partial charge in [0.1, 0.15) is 17.2 Å². The van der Waals surface area contributed by atoms with Crippen molar-refractivity contribution in [3.8, 4) is 61.8 Å². The van der Waals surface area contributed by atoms with Crippen LogP contribution in [0.1, 0.15) is 132 Å². The number of aromatic nitrogens is 4. The highest BCUT2D eigenvalue weighted by Crippen LogP contribution is 2.43. The van der Waals surface area contributed by atoms with E-state index in [1.54, 1.807) is 45.6 Å². The fraction of sp³-hybridized carbons (Fsp3) is 0.323. The van der Waals surface area contributed by atoms with Crippen LogP contribution in [-0.4, -0.2) is 47.0 Å². The fourth-order valence-electron chi connectivity index (χ4n) is 10.4. The second-order valence-corrected chi connectivity index (χ2v) is 20.9. The smallest absolute Gasteiger partial charge is 0.176 e. The molecule has 5 heterocycles. The summed E-state index contributed by atoms with van der Waals surface area (Å²) < 4.78 is 83.7. The Bertz CT molecular complexity index is 3310. The number of ether oxygens (including phenoxy) is 3. The molecule has 12 heteroatoms. The number of aromatic amines is 2. The first kappa shape index (κ1) is 54.7. The molecule has 0 unspecified atom stereocenters. The molecular weight excluding hydrogens is 993 g/mol. The van der Waals surface area contributed by atoms with Crippen molar-refractivity contribution in [1.82, 2.24) is 19.9 Å². The first-order chi connectivity index (χ1) is 37.7. The van der Waals surface area contributed by atoms with Crippen LogP contribution in [0.25, 0.3) is 90.9 Å². The molecule has 0 fully saturated rings. The molecule has 400 valence electrons. The predicted molar refractivity (Wildman–Crippen MR) is 310 cm³/mol. The second-order valence-electron chi connectivity index (χ2n) is 19.8. The van der Waals surface area contributed by atoms with Crippen molar-refractivity contribution in [3.05, 3.63) is 143 Å². The van der Waals surface area contributed by atoms with Crippen molar-refractivity contribution in [1.29, 1.82) is 0 Å². The van der Waals surface area contributed by atoms with Gasteiger partial charge in [0.15, 0.2) is 23.3 Å². The topological polar surface area (TPSA) is 85.1 Å². The summed E-state index contributed by atoms with van der Waals surface area (Å²) >= 11 is 0.815. The van der Waals surface area contributed by atoms with Gasteiger partial charge in [-0.25, -0.2) is 27.5 Å². The van der Waals surface area contributed by atoms with Gasteiger partial charge in [0, 0.05) is 44.3 Å². The average Bonchev–Trinajstić information content (AvgIpc) is 4.37. The lowest BCUT2D eigenvalue weighted by Gasteiger charge is -2.13. The zero-order valence-electron chi connectivity index (χ0n) is 44.6. The largest absolute Gasteiger partial charge is 0.497 e. The molecule has 2 N–H and O–H groups in total. The van der Waals surface area contributed by atoms with Gasteiger partial charge in [0.2, 0.25) is 0 Å². The number of nitrogens with zero attached hydrogens (tertiary/aromatic N) is 2. The Morgan fingerprint density at radius 1 is 0.364 bits per heavy atom. The third-order valence-corrected chi connectivity index (χ3v) is 15.7. The highest BCUT2D eigenvalue weighted by Gasteiger charge is 2.30. The van der Waals surface area contributed by atoms with Gasteiger partial charge in [-0.05, 0) is 114 Å². The number of methoxy groups -OCH3 is 3. The van der Waals surface area contributed by atoms with Crippen LogP contribution in [0.5, 0.6) is 17.2 Å². The Morgan fingerprint density at radius 2 is 0.662 bits per heavy atom. The number of thioether (sulfide) groups is 1. The molecule has 0 spiro atoms. The highest BCUT2D eigenvalue weighted by atomic mass is 32.2. The number of nitrogens with one attached hydrogen (secondary N) is 2. The molecule has 2 aliphatic heterocycles. The maximum atomic E-state index is 17.0. The Labute approximate surface area is 454 Å². The molecule has 0 saturated heterocycles. The molecule has 7 nitrogen and oxygen atoms in total. The molecule has 0 aliphatic carbocycles. The van der Waals surface area contributed by atoms with Crippen LogP contribution in [0.2, 0.25) is 0 Å². The van der Waals surface area contributed by atoms with Crippen LogP contribution in [0.15, 0.2) is 102 Å². The van der Waals surface area contributed by atoms with Gasteiger partial charge in [-0.2, -0.15) is 0 Å². The van der Waals surface area contributed by atoms with E-state index in [1.807, 2.05) is 97.1 Å². The van der Waals surface area contributed by atoms with E-state index in [4.69, 9.17) is 24.2 Å². The average molecular weight is 1060 g/mol. The Kier molecular flexibility index (Phi) is 18.7. The minimum Gasteiger partial charge on any atom is -0.497 e. The van der Waals surface area contributed by atoms with Gasteiger partial charge in [-0.3, -0.25) is 0 Å².